The number of nitrogens with zero attached hydrogens (tertiary/aromatic N) is 3. The van der Waals surface area contributed by atoms with E-state index < -0.39 is 23.6 Å². The normalized spacial score (nSPS) is 25.3. The number of ether oxygens (including phenoxy) is 1. The van der Waals surface area contributed by atoms with Crippen molar-refractivity contribution in [2.24, 2.45) is 0 Å². The Morgan fingerprint density at radius 1 is 1.52 bits per heavy atom. The first-order valence-corrected chi connectivity index (χ1v) is 6.67. The molecular weight excluding hydrogens is 276 g/mol. The van der Waals surface area contributed by atoms with E-state index in [4.69, 9.17) is 4.74 Å². The summed E-state index contributed by atoms with van der Waals surface area (Å²) in [5.41, 5.74) is -0.494. The van der Waals surface area contributed by atoms with Crippen molar-refractivity contribution in [1.82, 2.24) is 19.3 Å². The number of aliphatic hydroxyl groups is 1. The molecule has 0 amide bonds. The summed E-state index contributed by atoms with van der Waals surface area (Å²) in [5.74, 6) is 0. The van der Waals surface area contributed by atoms with Gasteiger partial charge in [0, 0.05) is 30.6 Å². The van der Waals surface area contributed by atoms with E-state index in [2.05, 4.69) is 10.1 Å². The third kappa shape index (κ3) is 2.43. The summed E-state index contributed by atoms with van der Waals surface area (Å²) in [6, 6.07) is 1.63. The third-order valence-electron chi connectivity index (χ3n) is 3.70. The monoisotopic (exact) mass is 292 g/mol. The molecule has 0 saturated carbocycles. The summed E-state index contributed by atoms with van der Waals surface area (Å²) in [5, 5.41) is 13.6. The fraction of sp³-hybridized carbons (Fsp3) is 0.462. The maximum Gasteiger partial charge on any atom is 0.330 e. The minimum absolute atomic E-state index is 0.158. The molecule has 8 heteroatoms. The summed E-state index contributed by atoms with van der Waals surface area (Å²) in [6.07, 6.45) is 4.41. The maximum absolute atomic E-state index is 11.9. The first kappa shape index (κ1) is 13.8. The highest BCUT2D eigenvalue weighted by molar-refractivity contribution is 5.02. The van der Waals surface area contributed by atoms with Crippen molar-refractivity contribution in [2.45, 2.75) is 31.7 Å². The fourth-order valence-electron chi connectivity index (χ4n) is 2.61. The van der Waals surface area contributed by atoms with Crippen molar-refractivity contribution in [3.05, 3.63) is 51.1 Å². The van der Waals surface area contributed by atoms with Crippen LogP contribution in [0.25, 0.3) is 0 Å². The summed E-state index contributed by atoms with van der Waals surface area (Å²) in [7, 11) is 0. The van der Waals surface area contributed by atoms with Gasteiger partial charge in [0.1, 0.15) is 12.3 Å². The molecule has 3 rings (SSSR count). The van der Waals surface area contributed by atoms with Crippen LogP contribution in [0.3, 0.4) is 0 Å². The van der Waals surface area contributed by atoms with Crippen molar-refractivity contribution in [3.63, 3.8) is 0 Å². The van der Waals surface area contributed by atoms with E-state index in [1.54, 1.807) is 30.1 Å². The van der Waals surface area contributed by atoms with Gasteiger partial charge in [-0.2, -0.15) is 5.10 Å². The highest BCUT2D eigenvalue weighted by Crippen LogP contribution is 2.35. The van der Waals surface area contributed by atoms with E-state index in [0.717, 1.165) is 0 Å². The molecule has 3 atom stereocenters. The van der Waals surface area contributed by atoms with Crippen LogP contribution in [0.15, 0.2) is 34.2 Å². The van der Waals surface area contributed by atoms with Crippen LogP contribution in [0, 0.1) is 6.92 Å². The number of aromatic amines is 1. The Bertz CT molecular complexity index is 733. The predicted octanol–water partition coefficient (Wildman–Crippen LogP) is -0.437. The van der Waals surface area contributed by atoms with Crippen LogP contribution in [0.5, 0.6) is 0 Å². The van der Waals surface area contributed by atoms with E-state index >= 15 is 0 Å². The molecule has 1 aliphatic heterocycles. The van der Waals surface area contributed by atoms with Gasteiger partial charge in [-0.3, -0.25) is 19.0 Å². The molecule has 2 aromatic rings. The lowest BCUT2D eigenvalue weighted by atomic mass is 10.1. The van der Waals surface area contributed by atoms with Gasteiger partial charge in [0.25, 0.3) is 5.56 Å². The Labute approximate surface area is 119 Å². The van der Waals surface area contributed by atoms with Crippen LogP contribution in [0.1, 0.15) is 24.3 Å². The lowest BCUT2D eigenvalue weighted by molar-refractivity contribution is -0.0322. The van der Waals surface area contributed by atoms with E-state index in [0.29, 0.717) is 12.0 Å². The zero-order valence-corrected chi connectivity index (χ0v) is 11.5. The molecule has 8 nitrogen and oxygen atoms in total. The Kier molecular flexibility index (Phi) is 3.48. The fourth-order valence-corrected chi connectivity index (χ4v) is 2.61. The van der Waals surface area contributed by atoms with Crippen molar-refractivity contribution in [3.8, 4) is 0 Å². The Morgan fingerprint density at radius 3 is 3.00 bits per heavy atom. The van der Waals surface area contributed by atoms with Gasteiger partial charge in [-0.15, -0.1) is 0 Å². The average molecular weight is 292 g/mol. The van der Waals surface area contributed by atoms with Gasteiger partial charge >= 0.3 is 5.69 Å². The van der Waals surface area contributed by atoms with Crippen LogP contribution in [-0.4, -0.2) is 37.1 Å². The van der Waals surface area contributed by atoms with Gasteiger partial charge in [0.05, 0.1) is 12.6 Å². The second-order valence-corrected chi connectivity index (χ2v) is 5.08. The first-order valence-electron chi connectivity index (χ1n) is 6.67. The summed E-state index contributed by atoms with van der Waals surface area (Å²) < 4.78 is 8.80. The number of nitrogens with one attached hydrogen (secondary N) is 1. The second kappa shape index (κ2) is 5.30. The lowest BCUT2D eigenvalue weighted by Crippen LogP contribution is -2.33. The molecule has 112 valence electrons. The van der Waals surface area contributed by atoms with Crippen LogP contribution >= 0.6 is 0 Å². The van der Waals surface area contributed by atoms with Crippen molar-refractivity contribution in [1.29, 1.82) is 0 Å². The molecule has 0 bridgehead atoms. The van der Waals surface area contributed by atoms with E-state index in [9.17, 15) is 14.7 Å². The topological polar surface area (TPSA) is 102 Å². The molecule has 2 aromatic heterocycles. The van der Waals surface area contributed by atoms with Crippen LogP contribution in [0.2, 0.25) is 0 Å². The second-order valence-electron chi connectivity index (χ2n) is 5.08. The largest absolute Gasteiger partial charge is 0.394 e. The Hall–Kier alpha value is -2.19. The first-order chi connectivity index (χ1) is 10.1. The lowest BCUT2D eigenvalue weighted by Gasteiger charge is -2.16. The number of aromatic nitrogens is 4. The zero-order chi connectivity index (χ0) is 15.0. The maximum atomic E-state index is 11.9. The summed E-state index contributed by atoms with van der Waals surface area (Å²) >= 11 is 0. The van der Waals surface area contributed by atoms with E-state index in [1.807, 2.05) is 0 Å². The number of rotatable bonds is 3. The van der Waals surface area contributed by atoms with Gasteiger partial charge in [0.15, 0.2) is 0 Å². The van der Waals surface area contributed by atoms with Crippen molar-refractivity contribution in [2.75, 3.05) is 6.61 Å². The molecule has 21 heavy (non-hydrogen) atoms. The highest BCUT2D eigenvalue weighted by atomic mass is 16.5. The molecule has 1 fully saturated rings. The zero-order valence-electron chi connectivity index (χ0n) is 11.5. The average Bonchev–Trinajstić information content (AvgIpc) is 3.10. The molecule has 1 saturated heterocycles. The molecule has 0 unspecified atom stereocenters. The molecular formula is C13H16N4O4. The number of hydrogen-bond acceptors (Lipinski definition) is 5. The molecule has 0 spiro atoms. The predicted molar refractivity (Wildman–Crippen MR) is 72.9 cm³/mol. The number of aryl methyl sites for hydroxylation is 1. The molecule has 2 N–H and O–H groups in total. The number of hydrogen-bond donors (Lipinski definition) is 2. The molecule has 1 aliphatic rings. The quantitative estimate of drug-likeness (QED) is 0.798. The molecule has 0 aliphatic carbocycles. The van der Waals surface area contributed by atoms with Crippen molar-refractivity contribution >= 4 is 0 Å². The standard InChI is InChI=1S/C13H16N4O4/c1-8-6-16(13(20)15-12(8)19)11-5-9(10(7-18)21-11)17-4-2-3-14-17/h2-4,6,9-11,18H,5,7H2,1H3,(H,15,19,20)/t9-,10-,11-/m1/s1. The Balaban J connectivity index is 1.93. The van der Waals surface area contributed by atoms with Crippen LogP contribution in [0.4, 0.5) is 0 Å². The van der Waals surface area contributed by atoms with Gasteiger partial charge < -0.3 is 9.84 Å². The van der Waals surface area contributed by atoms with Crippen molar-refractivity contribution < 1.29 is 9.84 Å². The van der Waals surface area contributed by atoms with Crippen LogP contribution < -0.4 is 11.2 Å². The third-order valence-corrected chi connectivity index (χ3v) is 3.70. The van der Waals surface area contributed by atoms with Gasteiger partial charge in [-0.1, -0.05) is 0 Å². The van der Waals surface area contributed by atoms with Crippen LogP contribution in [-0.2, 0) is 4.74 Å². The number of H-pyrrole nitrogens is 1. The molecule has 3 heterocycles. The smallest absolute Gasteiger partial charge is 0.330 e. The SMILES string of the molecule is Cc1cn([C@H]2C[C@@H](n3cccn3)[C@@H](CO)O2)c(=O)[nH]c1=O. The van der Waals surface area contributed by atoms with Gasteiger partial charge in [-0.05, 0) is 13.0 Å². The van der Waals surface area contributed by atoms with E-state index in [1.165, 1.54) is 10.8 Å². The summed E-state index contributed by atoms with van der Waals surface area (Å²) in [4.78, 5) is 25.6. The van der Waals surface area contributed by atoms with E-state index in [-0.39, 0.29) is 12.6 Å². The minimum Gasteiger partial charge on any atom is -0.394 e. The number of aliphatic hydroxyl groups excluding tert-OH is 1. The summed E-state index contributed by atoms with van der Waals surface area (Å²) in [6.45, 7) is 1.45. The van der Waals surface area contributed by atoms with Gasteiger partial charge in [0.2, 0.25) is 0 Å². The Morgan fingerprint density at radius 2 is 2.33 bits per heavy atom. The molecule has 0 radical (unpaired) electrons. The van der Waals surface area contributed by atoms with Gasteiger partial charge in [-0.25, -0.2) is 4.79 Å². The molecule has 0 aromatic carbocycles. The highest BCUT2D eigenvalue weighted by Gasteiger charge is 2.37. The minimum atomic E-state index is -0.542.